The van der Waals surface area contributed by atoms with Crippen molar-refractivity contribution in [2.24, 2.45) is 0 Å². The number of anilines is 3. The molecule has 9 heteroatoms. The minimum absolute atomic E-state index is 0.209. The van der Waals surface area contributed by atoms with Crippen molar-refractivity contribution in [1.29, 1.82) is 0 Å². The van der Waals surface area contributed by atoms with Crippen molar-refractivity contribution in [1.82, 2.24) is 19.2 Å². The topological polar surface area (TPSA) is 93.3 Å². The minimum Gasteiger partial charge on any atom is -0.340 e. The number of hydrogen-bond donors (Lipinski definition) is 2. The van der Waals surface area contributed by atoms with Crippen LogP contribution in [0.4, 0.5) is 17.2 Å². The number of amides is 1. The van der Waals surface area contributed by atoms with Gasteiger partial charge in [-0.15, -0.1) is 5.10 Å². The van der Waals surface area contributed by atoms with Crippen LogP contribution in [0.2, 0.25) is 0 Å². The van der Waals surface area contributed by atoms with Crippen molar-refractivity contribution >= 4 is 44.8 Å². The van der Waals surface area contributed by atoms with Crippen LogP contribution in [0, 0.1) is 6.92 Å². The number of aryl methyl sites for hydroxylation is 1. The quantitative estimate of drug-likeness (QED) is 0.484. The van der Waals surface area contributed by atoms with Crippen LogP contribution in [0.5, 0.6) is 0 Å². The van der Waals surface area contributed by atoms with Crippen molar-refractivity contribution in [2.45, 2.75) is 13.5 Å². The van der Waals surface area contributed by atoms with E-state index in [4.69, 9.17) is 0 Å². The van der Waals surface area contributed by atoms with E-state index in [-0.39, 0.29) is 18.2 Å². The van der Waals surface area contributed by atoms with E-state index in [0.717, 1.165) is 20.4 Å². The zero-order valence-corrected chi connectivity index (χ0v) is 17.0. The summed E-state index contributed by atoms with van der Waals surface area (Å²) in [4.78, 5) is 29.2. The molecule has 0 aliphatic rings. The standard InChI is InChI=1S/C20H17BrN6O2/c1-13-7-8-16(15(21)11-13)23-18(28)12-27-20(29)26-10-9-17(24-19(26)25-27)22-14-5-3-2-4-6-14/h2-11H,12H2,1H3,(H,23,28)(H,22,24,25). The third kappa shape index (κ3) is 4.19. The second-order valence-corrected chi connectivity index (χ2v) is 7.30. The number of para-hydroxylation sites is 1. The Morgan fingerprint density at radius 1 is 1.14 bits per heavy atom. The van der Waals surface area contributed by atoms with Gasteiger partial charge in [0.05, 0.1) is 5.69 Å². The smallest absolute Gasteiger partial charge is 0.340 e. The molecule has 2 heterocycles. The lowest BCUT2D eigenvalue weighted by Gasteiger charge is -2.07. The SMILES string of the molecule is Cc1ccc(NC(=O)Cn2nc3nc(Nc4ccccc4)ccn3c2=O)c(Br)c1. The Morgan fingerprint density at radius 2 is 1.93 bits per heavy atom. The van der Waals surface area contributed by atoms with E-state index in [1.54, 1.807) is 18.3 Å². The number of aromatic nitrogens is 4. The van der Waals surface area contributed by atoms with Crippen LogP contribution in [0.3, 0.4) is 0 Å². The van der Waals surface area contributed by atoms with Crippen LogP contribution in [0.25, 0.3) is 5.78 Å². The lowest BCUT2D eigenvalue weighted by atomic mass is 10.2. The summed E-state index contributed by atoms with van der Waals surface area (Å²) in [6.45, 7) is 1.74. The highest BCUT2D eigenvalue weighted by Gasteiger charge is 2.13. The van der Waals surface area contributed by atoms with Crippen LogP contribution >= 0.6 is 15.9 Å². The van der Waals surface area contributed by atoms with E-state index in [2.05, 4.69) is 36.6 Å². The first-order chi connectivity index (χ1) is 14.0. The molecule has 2 aromatic carbocycles. The molecule has 0 unspecified atom stereocenters. The largest absolute Gasteiger partial charge is 0.352 e. The number of fused-ring (bicyclic) bond motifs is 1. The predicted octanol–water partition coefficient (Wildman–Crippen LogP) is 3.34. The maximum Gasteiger partial charge on any atom is 0.352 e. The molecule has 0 aliphatic carbocycles. The van der Waals surface area contributed by atoms with E-state index in [0.29, 0.717) is 11.5 Å². The fourth-order valence-electron chi connectivity index (χ4n) is 2.79. The highest BCUT2D eigenvalue weighted by molar-refractivity contribution is 9.10. The van der Waals surface area contributed by atoms with Crippen molar-refractivity contribution in [3.05, 3.63) is 81.3 Å². The summed E-state index contributed by atoms with van der Waals surface area (Å²) >= 11 is 3.42. The van der Waals surface area contributed by atoms with Crippen LogP contribution in [0.1, 0.15) is 5.56 Å². The van der Waals surface area contributed by atoms with Crippen molar-refractivity contribution in [3.63, 3.8) is 0 Å². The van der Waals surface area contributed by atoms with Gasteiger partial charge >= 0.3 is 5.69 Å². The van der Waals surface area contributed by atoms with Gasteiger partial charge in [-0.2, -0.15) is 4.98 Å². The second-order valence-electron chi connectivity index (χ2n) is 6.45. The van der Waals surface area contributed by atoms with Crippen molar-refractivity contribution in [2.75, 3.05) is 10.6 Å². The van der Waals surface area contributed by atoms with E-state index in [1.807, 2.05) is 49.4 Å². The molecule has 0 radical (unpaired) electrons. The fraction of sp³-hybridized carbons (Fsp3) is 0.100. The van der Waals surface area contributed by atoms with Gasteiger partial charge in [0.15, 0.2) is 0 Å². The zero-order valence-electron chi connectivity index (χ0n) is 15.5. The number of rotatable bonds is 5. The zero-order chi connectivity index (χ0) is 20.4. The van der Waals surface area contributed by atoms with E-state index < -0.39 is 5.69 Å². The molecule has 2 aromatic heterocycles. The molecule has 2 N–H and O–H groups in total. The summed E-state index contributed by atoms with van der Waals surface area (Å²) in [5, 5.41) is 10.1. The van der Waals surface area contributed by atoms with Gasteiger partial charge in [-0.3, -0.25) is 4.79 Å². The normalized spacial score (nSPS) is 10.8. The minimum atomic E-state index is -0.433. The number of carbonyl (C=O) groups is 1. The van der Waals surface area contributed by atoms with Crippen LogP contribution in [-0.4, -0.2) is 25.1 Å². The number of carbonyl (C=O) groups excluding carboxylic acids is 1. The second kappa shape index (κ2) is 7.88. The first kappa shape index (κ1) is 18.9. The summed E-state index contributed by atoms with van der Waals surface area (Å²) in [5.41, 5.74) is 2.13. The maximum absolute atomic E-state index is 12.5. The Bertz CT molecular complexity index is 1250. The van der Waals surface area contributed by atoms with Gasteiger partial charge in [0, 0.05) is 16.4 Å². The predicted molar refractivity (Wildman–Crippen MR) is 114 cm³/mol. The molecule has 0 aliphatic heterocycles. The number of nitrogens with zero attached hydrogens (tertiary/aromatic N) is 4. The molecule has 0 saturated heterocycles. The molecule has 0 atom stereocenters. The summed E-state index contributed by atoms with van der Waals surface area (Å²) in [6, 6.07) is 16.8. The Hall–Kier alpha value is -3.46. The highest BCUT2D eigenvalue weighted by Crippen LogP contribution is 2.23. The number of nitrogens with one attached hydrogen (secondary N) is 2. The molecule has 8 nitrogen and oxygen atoms in total. The van der Waals surface area contributed by atoms with Crippen molar-refractivity contribution in [3.8, 4) is 0 Å². The van der Waals surface area contributed by atoms with Gasteiger partial charge < -0.3 is 10.6 Å². The van der Waals surface area contributed by atoms with E-state index in [9.17, 15) is 9.59 Å². The average molecular weight is 453 g/mol. The number of halogens is 1. The Labute approximate surface area is 174 Å². The molecule has 4 aromatic rings. The Balaban J connectivity index is 1.53. The van der Waals surface area contributed by atoms with Crippen LogP contribution in [0.15, 0.2) is 70.1 Å². The molecule has 0 saturated carbocycles. The molecule has 4 rings (SSSR count). The van der Waals surface area contributed by atoms with Crippen LogP contribution < -0.4 is 16.3 Å². The fourth-order valence-corrected chi connectivity index (χ4v) is 3.39. The van der Waals surface area contributed by atoms with E-state index in [1.165, 1.54) is 4.40 Å². The Kier molecular flexibility index (Phi) is 5.13. The van der Waals surface area contributed by atoms with Gasteiger partial charge in [-0.25, -0.2) is 13.9 Å². The maximum atomic E-state index is 12.5. The molecular formula is C20H17BrN6O2. The molecule has 29 heavy (non-hydrogen) atoms. The van der Waals surface area contributed by atoms with Gasteiger partial charge in [0.2, 0.25) is 5.91 Å². The van der Waals surface area contributed by atoms with Crippen LogP contribution in [-0.2, 0) is 11.3 Å². The summed E-state index contributed by atoms with van der Waals surface area (Å²) in [6.07, 6.45) is 1.58. The lowest BCUT2D eigenvalue weighted by molar-refractivity contribution is -0.117. The molecule has 0 fully saturated rings. The first-order valence-electron chi connectivity index (χ1n) is 8.84. The first-order valence-corrected chi connectivity index (χ1v) is 9.63. The average Bonchev–Trinajstić information content (AvgIpc) is 3.00. The third-order valence-electron chi connectivity index (χ3n) is 4.19. The third-order valence-corrected chi connectivity index (χ3v) is 4.85. The van der Waals surface area contributed by atoms with Gasteiger partial charge in [-0.1, -0.05) is 24.3 Å². The Morgan fingerprint density at radius 3 is 2.69 bits per heavy atom. The highest BCUT2D eigenvalue weighted by atomic mass is 79.9. The summed E-state index contributed by atoms with van der Waals surface area (Å²) < 4.78 is 3.16. The summed E-state index contributed by atoms with van der Waals surface area (Å²) in [7, 11) is 0. The number of benzene rings is 2. The van der Waals surface area contributed by atoms with Gasteiger partial charge in [0.25, 0.3) is 5.78 Å². The monoisotopic (exact) mass is 452 g/mol. The molecular weight excluding hydrogens is 436 g/mol. The van der Waals surface area contributed by atoms with Gasteiger partial charge in [0.1, 0.15) is 12.4 Å². The van der Waals surface area contributed by atoms with Gasteiger partial charge in [-0.05, 0) is 58.7 Å². The molecule has 0 bridgehead atoms. The van der Waals surface area contributed by atoms with E-state index >= 15 is 0 Å². The molecule has 1 amide bonds. The summed E-state index contributed by atoms with van der Waals surface area (Å²) in [5.74, 6) is 0.400. The lowest BCUT2D eigenvalue weighted by Crippen LogP contribution is -2.28. The molecule has 146 valence electrons. The van der Waals surface area contributed by atoms with Crippen molar-refractivity contribution < 1.29 is 4.79 Å². The number of hydrogen-bond acceptors (Lipinski definition) is 5. The molecule has 0 spiro atoms.